The van der Waals surface area contributed by atoms with Gasteiger partial charge in [-0.1, -0.05) is 0 Å². The first-order chi connectivity index (χ1) is 9.09. The number of non-ortho nitro benzene ring substituents is 1. The van der Waals surface area contributed by atoms with E-state index in [1.807, 2.05) is 0 Å². The van der Waals surface area contributed by atoms with Gasteiger partial charge in [0.05, 0.1) is 4.92 Å². The summed E-state index contributed by atoms with van der Waals surface area (Å²) in [6.07, 6.45) is 0.928. The summed E-state index contributed by atoms with van der Waals surface area (Å²) in [6, 6.07) is 4.38. The minimum absolute atomic E-state index is 0. The molecule has 1 N–H and O–H groups in total. The van der Waals surface area contributed by atoms with Gasteiger partial charge in [0, 0.05) is 37.3 Å². The second-order valence-corrected chi connectivity index (χ2v) is 4.65. The second-order valence-electron chi connectivity index (χ2n) is 4.65. The van der Waals surface area contributed by atoms with Crippen molar-refractivity contribution >= 4 is 24.0 Å². The second kappa shape index (κ2) is 7.21. The minimum atomic E-state index is -0.447. The van der Waals surface area contributed by atoms with Gasteiger partial charge in [0.1, 0.15) is 0 Å². The lowest BCUT2D eigenvalue weighted by Crippen LogP contribution is -2.34. The summed E-state index contributed by atoms with van der Waals surface area (Å²) in [6.45, 7) is 4.84. The summed E-state index contributed by atoms with van der Waals surface area (Å²) in [5, 5.41) is 13.9. The van der Waals surface area contributed by atoms with E-state index in [0.717, 1.165) is 26.1 Å². The molecule has 1 aromatic carbocycles. The monoisotopic (exact) mass is 299 g/mol. The Morgan fingerprint density at radius 3 is 2.75 bits per heavy atom. The molecule has 6 nitrogen and oxygen atoms in total. The summed E-state index contributed by atoms with van der Waals surface area (Å²) in [7, 11) is 0. The van der Waals surface area contributed by atoms with Crippen LogP contribution in [0.2, 0.25) is 0 Å². The molecule has 2 rings (SSSR count). The maximum absolute atomic E-state index is 12.4. The molecule has 0 spiro atoms. The average Bonchev–Trinajstić information content (AvgIpc) is 2.66. The van der Waals surface area contributed by atoms with Crippen LogP contribution >= 0.6 is 12.4 Å². The van der Waals surface area contributed by atoms with Crippen molar-refractivity contribution in [2.45, 2.75) is 13.3 Å². The normalized spacial score (nSPS) is 15.2. The first-order valence-electron chi connectivity index (χ1n) is 6.34. The fourth-order valence-electron chi connectivity index (χ4n) is 2.22. The Balaban J connectivity index is 0.00000200. The number of benzene rings is 1. The van der Waals surface area contributed by atoms with E-state index in [1.54, 1.807) is 17.9 Å². The molecule has 0 aromatic heterocycles. The lowest BCUT2D eigenvalue weighted by atomic mass is 10.1. The van der Waals surface area contributed by atoms with Crippen molar-refractivity contribution in [3.8, 4) is 0 Å². The van der Waals surface area contributed by atoms with Gasteiger partial charge in [0.2, 0.25) is 0 Å². The zero-order valence-electron chi connectivity index (χ0n) is 11.3. The van der Waals surface area contributed by atoms with E-state index in [0.29, 0.717) is 17.7 Å². The van der Waals surface area contributed by atoms with Gasteiger partial charge in [-0.3, -0.25) is 14.9 Å². The molecule has 20 heavy (non-hydrogen) atoms. The number of hydrogen-bond acceptors (Lipinski definition) is 4. The molecule has 1 aromatic rings. The summed E-state index contributed by atoms with van der Waals surface area (Å²) >= 11 is 0. The van der Waals surface area contributed by atoms with Gasteiger partial charge in [-0.15, -0.1) is 12.4 Å². The number of aryl methyl sites for hydroxylation is 1. The highest BCUT2D eigenvalue weighted by atomic mass is 35.5. The van der Waals surface area contributed by atoms with Crippen molar-refractivity contribution in [1.29, 1.82) is 0 Å². The molecule has 0 saturated carbocycles. The third-order valence-corrected chi connectivity index (χ3v) is 3.28. The molecule has 0 unspecified atom stereocenters. The molecule has 1 fully saturated rings. The van der Waals surface area contributed by atoms with Crippen molar-refractivity contribution in [2.75, 3.05) is 26.2 Å². The first kappa shape index (κ1) is 16.4. The lowest BCUT2D eigenvalue weighted by Gasteiger charge is -2.20. The van der Waals surface area contributed by atoms with Crippen LogP contribution in [0.1, 0.15) is 22.3 Å². The van der Waals surface area contributed by atoms with Gasteiger partial charge >= 0.3 is 0 Å². The van der Waals surface area contributed by atoms with Crippen LogP contribution in [-0.2, 0) is 0 Å². The Bertz CT molecular complexity index is 500. The van der Waals surface area contributed by atoms with E-state index < -0.39 is 4.92 Å². The van der Waals surface area contributed by atoms with E-state index in [4.69, 9.17) is 0 Å². The molecular weight excluding hydrogens is 282 g/mol. The molecular formula is C13H18ClN3O3. The molecule has 1 aliphatic rings. The third-order valence-electron chi connectivity index (χ3n) is 3.28. The van der Waals surface area contributed by atoms with Crippen molar-refractivity contribution in [1.82, 2.24) is 10.2 Å². The molecule has 0 aliphatic carbocycles. The van der Waals surface area contributed by atoms with Crippen LogP contribution in [-0.4, -0.2) is 41.9 Å². The van der Waals surface area contributed by atoms with E-state index in [9.17, 15) is 14.9 Å². The van der Waals surface area contributed by atoms with Crippen LogP contribution in [0.15, 0.2) is 18.2 Å². The Morgan fingerprint density at radius 2 is 2.10 bits per heavy atom. The first-order valence-corrected chi connectivity index (χ1v) is 6.34. The SMILES string of the molecule is Cc1cc([N+](=O)[O-])ccc1C(=O)N1CCCNCC1.Cl. The van der Waals surface area contributed by atoms with Crippen molar-refractivity contribution in [2.24, 2.45) is 0 Å². The lowest BCUT2D eigenvalue weighted by molar-refractivity contribution is -0.384. The smallest absolute Gasteiger partial charge is 0.269 e. The van der Waals surface area contributed by atoms with Crippen LogP contribution in [0.4, 0.5) is 5.69 Å². The predicted molar refractivity (Wildman–Crippen MR) is 78.5 cm³/mol. The van der Waals surface area contributed by atoms with E-state index in [2.05, 4.69) is 5.32 Å². The highest BCUT2D eigenvalue weighted by Crippen LogP contribution is 2.18. The Hall–Kier alpha value is -1.66. The van der Waals surface area contributed by atoms with Gasteiger partial charge in [0.25, 0.3) is 11.6 Å². The third kappa shape index (κ3) is 3.68. The van der Waals surface area contributed by atoms with Gasteiger partial charge in [-0.2, -0.15) is 0 Å². The molecule has 1 aliphatic heterocycles. The number of amides is 1. The number of nitrogens with zero attached hydrogens (tertiary/aromatic N) is 2. The molecule has 1 amide bonds. The standard InChI is InChI=1S/C13H17N3O3.ClH/c1-10-9-11(16(18)19)3-4-12(10)13(17)15-7-2-5-14-6-8-15;/h3-4,9,14H,2,5-8H2,1H3;1H. The number of hydrogen-bond donors (Lipinski definition) is 1. The van der Waals surface area contributed by atoms with Gasteiger partial charge in [-0.05, 0) is 31.5 Å². The maximum Gasteiger partial charge on any atom is 0.269 e. The largest absolute Gasteiger partial charge is 0.337 e. The minimum Gasteiger partial charge on any atom is -0.337 e. The number of carbonyl (C=O) groups is 1. The topological polar surface area (TPSA) is 75.5 Å². The van der Waals surface area contributed by atoms with Crippen LogP contribution in [0.3, 0.4) is 0 Å². The Kier molecular flexibility index (Phi) is 5.91. The average molecular weight is 300 g/mol. The molecule has 1 saturated heterocycles. The maximum atomic E-state index is 12.4. The number of rotatable bonds is 2. The fourth-order valence-corrected chi connectivity index (χ4v) is 2.22. The molecule has 0 radical (unpaired) electrons. The van der Waals surface area contributed by atoms with Crippen molar-refractivity contribution < 1.29 is 9.72 Å². The zero-order valence-corrected chi connectivity index (χ0v) is 12.1. The summed E-state index contributed by atoms with van der Waals surface area (Å²) in [5.41, 5.74) is 1.22. The van der Waals surface area contributed by atoms with Crippen molar-refractivity contribution in [3.05, 3.63) is 39.4 Å². The Labute approximate surface area is 123 Å². The number of nitro groups is 1. The van der Waals surface area contributed by atoms with Crippen LogP contribution < -0.4 is 5.32 Å². The quantitative estimate of drug-likeness (QED) is 0.667. The van der Waals surface area contributed by atoms with Crippen LogP contribution in [0, 0.1) is 17.0 Å². The van der Waals surface area contributed by atoms with Crippen LogP contribution in [0.25, 0.3) is 0 Å². The molecule has 1 heterocycles. The highest BCUT2D eigenvalue weighted by Gasteiger charge is 2.20. The molecule has 7 heteroatoms. The van der Waals surface area contributed by atoms with E-state index in [1.165, 1.54) is 12.1 Å². The van der Waals surface area contributed by atoms with Gasteiger partial charge < -0.3 is 10.2 Å². The summed E-state index contributed by atoms with van der Waals surface area (Å²) in [4.78, 5) is 24.4. The fraction of sp³-hybridized carbons (Fsp3) is 0.462. The highest BCUT2D eigenvalue weighted by molar-refractivity contribution is 5.96. The number of nitrogens with one attached hydrogen (secondary N) is 1. The number of nitro benzene ring substituents is 1. The summed E-state index contributed by atoms with van der Waals surface area (Å²) < 4.78 is 0. The summed E-state index contributed by atoms with van der Waals surface area (Å²) in [5.74, 6) is -0.0453. The predicted octanol–water partition coefficient (Wildman–Crippen LogP) is 1.76. The Morgan fingerprint density at radius 1 is 1.35 bits per heavy atom. The van der Waals surface area contributed by atoms with E-state index in [-0.39, 0.29) is 24.0 Å². The van der Waals surface area contributed by atoms with E-state index >= 15 is 0 Å². The number of carbonyl (C=O) groups excluding carboxylic acids is 1. The van der Waals surface area contributed by atoms with Gasteiger partial charge in [-0.25, -0.2) is 0 Å². The zero-order chi connectivity index (χ0) is 13.8. The van der Waals surface area contributed by atoms with Crippen molar-refractivity contribution in [3.63, 3.8) is 0 Å². The molecule has 0 atom stereocenters. The molecule has 110 valence electrons. The van der Waals surface area contributed by atoms with Gasteiger partial charge in [0.15, 0.2) is 0 Å². The molecule has 0 bridgehead atoms. The van der Waals surface area contributed by atoms with Crippen LogP contribution in [0.5, 0.6) is 0 Å². The number of halogens is 1.